The molecule has 56 heavy (non-hydrogen) atoms. The van der Waals surface area contributed by atoms with Gasteiger partial charge in [-0.15, -0.1) is 0 Å². The van der Waals surface area contributed by atoms with E-state index >= 15 is 0 Å². The zero-order chi connectivity index (χ0) is 45.7. The van der Waals surface area contributed by atoms with Crippen LogP contribution in [0.1, 0.15) is 13.7 Å². The SMILES string of the molecule is [2H]c1cc2c3cc(-c4c([2H])c([2H])c([2H])c([2H])c4[2H])c([2H])c([2H])c3n(-c3ccc(-c4nc(-c5ccccc5)nc(-c5ccccc5)n4)cc3-c3cccc4c3oc3ccccc34)c2c([2H])c1[2H]. The lowest BCUT2D eigenvalue weighted by molar-refractivity contribution is 0.670. The Balaban J connectivity index is 1.26. The Morgan fingerprint density at radius 2 is 1.07 bits per heavy atom. The van der Waals surface area contributed by atoms with E-state index in [0.717, 1.165) is 21.9 Å². The highest BCUT2D eigenvalue weighted by Gasteiger charge is 2.21. The van der Waals surface area contributed by atoms with Gasteiger partial charge < -0.3 is 8.98 Å². The summed E-state index contributed by atoms with van der Waals surface area (Å²) in [6, 6.07) is 36.6. The molecule has 8 aromatic carbocycles. The molecular formula is C51H32N4O. The molecule has 0 fully saturated rings. The molecule has 3 aromatic heterocycles. The predicted octanol–water partition coefficient (Wildman–Crippen LogP) is 13.2. The fourth-order valence-electron chi connectivity index (χ4n) is 7.40. The summed E-state index contributed by atoms with van der Waals surface area (Å²) in [5.41, 5.74) is 4.98. The van der Waals surface area contributed by atoms with Gasteiger partial charge in [0, 0.05) is 49.4 Å². The average molecular weight is 727 g/mol. The molecule has 5 nitrogen and oxygen atoms in total. The van der Waals surface area contributed by atoms with E-state index in [1.807, 2.05) is 121 Å². The Kier molecular flexibility index (Phi) is 5.41. The van der Waals surface area contributed by atoms with Crippen molar-refractivity contribution < 1.29 is 18.1 Å². The van der Waals surface area contributed by atoms with Crippen LogP contribution in [-0.2, 0) is 0 Å². The number of aromatic nitrogens is 4. The van der Waals surface area contributed by atoms with Crippen LogP contribution in [0, 0.1) is 0 Å². The predicted molar refractivity (Wildman–Crippen MR) is 229 cm³/mol. The number of benzene rings is 8. The lowest BCUT2D eigenvalue weighted by atomic mass is 9.97. The van der Waals surface area contributed by atoms with Crippen LogP contribution in [0.15, 0.2) is 198 Å². The standard InChI is InChI=1S/C51H32N4O/c1-4-15-33(16-5-1)36-27-29-45-42(31-36)38-21-10-12-25-44(38)55(45)46-30-28-37(32-43(46)41-24-14-23-40-39-22-11-13-26-47(39)56-48(40)41)51-53-49(34-17-6-2-7-18-34)52-50(54-51)35-19-8-3-9-20-35/h1-32H/i1D,4D,5D,10D,12D,15D,16D,25D,27D,29D. The molecule has 11 rings (SSSR count). The smallest absolute Gasteiger partial charge is 0.164 e. The second-order valence-electron chi connectivity index (χ2n) is 13.3. The molecule has 0 saturated heterocycles. The summed E-state index contributed by atoms with van der Waals surface area (Å²) in [5.74, 6) is 1.27. The van der Waals surface area contributed by atoms with Crippen LogP contribution in [-0.4, -0.2) is 19.5 Å². The number of hydrogen-bond donors (Lipinski definition) is 0. The van der Waals surface area contributed by atoms with E-state index in [-0.39, 0.29) is 51.7 Å². The van der Waals surface area contributed by atoms with Gasteiger partial charge in [0.1, 0.15) is 11.2 Å². The van der Waals surface area contributed by atoms with Crippen molar-refractivity contribution in [2.45, 2.75) is 0 Å². The van der Waals surface area contributed by atoms with Gasteiger partial charge >= 0.3 is 0 Å². The van der Waals surface area contributed by atoms with Gasteiger partial charge in [-0.3, -0.25) is 0 Å². The minimum absolute atomic E-state index is 0.0857. The Labute approximate surface area is 336 Å². The van der Waals surface area contributed by atoms with Crippen LogP contribution >= 0.6 is 0 Å². The van der Waals surface area contributed by atoms with E-state index in [9.17, 15) is 4.11 Å². The summed E-state index contributed by atoms with van der Waals surface area (Å²) in [7, 11) is 0. The first-order chi connectivity index (χ1) is 31.9. The van der Waals surface area contributed by atoms with Gasteiger partial charge in [-0.05, 0) is 53.5 Å². The van der Waals surface area contributed by atoms with E-state index < -0.39 is 36.3 Å². The first-order valence-corrected chi connectivity index (χ1v) is 18.0. The Hall–Kier alpha value is -7.63. The van der Waals surface area contributed by atoms with Gasteiger partial charge in [0.15, 0.2) is 17.5 Å². The first kappa shape index (κ1) is 23.2. The van der Waals surface area contributed by atoms with Gasteiger partial charge in [0.25, 0.3) is 0 Å². The normalized spacial score (nSPS) is 14.1. The van der Waals surface area contributed by atoms with Crippen LogP contribution < -0.4 is 0 Å². The summed E-state index contributed by atoms with van der Waals surface area (Å²) >= 11 is 0. The minimum atomic E-state index is -0.593. The van der Waals surface area contributed by atoms with Gasteiger partial charge in [0.2, 0.25) is 0 Å². The molecule has 5 heteroatoms. The number of fused-ring (bicyclic) bond motifs is 6. The third-order valence-electron chi connectivity index (χ3n) is 9.98. The fraction of sp³-hybridized carbons (Fsp3) is 0. The molecular weight excluding hydrogens is 685 g/mol. The van der Waals surface area contributed by atoms with Crippen LogP contribution in [0.3, 0.4) is 0 Å². The van der Waals surface area contributed by atoms with Crippen LogP contribution in [0.2, 0.25) is 0 Å². The van der Waals surface area contributed by atoms with E-state index in [1.54, 1.807) is 4.57 Å². The Morgan fingerprint density at radius 1 is 0.411 bits per heavy atom. The molecule has 0 aliphatic heterocycles. The number of nitrogens with zero attached hydrogens (tertiary/aromatic N) is 4. The van der Waals surface area contributed by atoms with Gasteiger partial charge in [0.05, 0.1) is 30.4 Å². The first-order valence-electron chi connectivity index (χ1n) is 23.0. The highest BCUT2D eigenvalue weighted by Crippen LogP contribution is 2.43. The molecule has 0 amide bonds. The third-order valence-corrected chi connectivity index (χ3v) is 9.98. The molecule has 0 bridgehead atoms. The van der Waals surface area contributed by atoms with Crippen molar-refractivity contribution in [1.29, 1.82) is 0 Å². The van der Waals surface area contributed by atoms with E-state index in [1.165, 1.54) is 12.1 Å². The van der Waals surface area contributed by atoms with Crippen molar-refractivity contribution in [2.24, 2.45) is 0 Å². The monoisotopic (exact) mass is 726 g/mol. The van der Waals surface area contributed by atoms with Crippen molar-refractivity contribution in [1.82, 2.24) is 19.5 Å². The van der Waals surface area contributed by atoms with Crippen molar-refractivity contribution >= 4 is 43.7 Å². The zero-order valence-corrected chi connectivity index (χ0v) is 29.4. The summed E-state index contributed by atoms with van der Waals surface area (Å²) in [6.07, 6.45) is 0. The van der Waals surface area contributed by atoms with Gasteiger partial charge in [-0.1, -0.05) is 151 Å². The van der Waals surface area contributed by atoms with Crippen LogP contribution in [0.4, 0.5) is 0 Å². The van der Waals surface area contributed by atoms with Crippen molar-refractivity contribution in [3.05, 3.63) is 194 Å². The van der Waals surface area contributed by atoms with Crippen molar-refractivity contribution in [3.63, 3.8) is 0 Å². The number of para-hydroxylation sites is 3. The highest BCUT2D eigenvalue weighted by molar-refractivity contribution is 6.13. The number of hydrogen-bond acceptors (Lipinski definition) is 4. The lowest BCUT2D eigenvalue weighted by Gasteiger charge is -2.16. The van der Waals surface area contributed by atoms with Crippen LogP contribution in [0.5, 0.6) is 0 Å². The van der Waals surface area contributed by atoms with Gasteiger partial charge in [-0.25, -0.2) is 15.0 Å². The molecule has 3 heterocycles. The molecule has 0 spiro atoms. The lowest BCUT2D eigenvalue weighted by Crippen LogP contribution is -2.02. The number of rotatable bonds is 6. The van der Waals surface area contributed by atoms with Gasteiger partial charge in [-0.2, -0.15) is 0 Å². The van der Waals surface area contributed by atoms with Crippen molar-refractivity contribution in [2.75, 3.05) is 0 Å². The molecule has 0 atom stereocenters. The topological polar surface area (TPSA) is 56.7 Å². The summed E-state index contributed by atoms with van der Waals surface area (Å²) in [5, 5.41) is 2.31. The quantitative estimate of drug-likeness (QED) is 0.171. The molecule has 11 aromatic rings. The zero-order valence-electron chi connectivity index (χ0n) is 39.4. The molecule has 0 radical (unpaired) electrons. The summed E-state index contributed by atoms with van der Waals surface area (Å²) < 4.78 is 96.8. The average Bonchev–Trinajstić information content (AvgIpc) is 3.89. The Morgan fingerprint density at radius 3 is 1.84 bits per heavy atom. The second-order valence-corrected chi connectivity index (χ2v) is 13.3. The molecule has 0 aliphatic carbocycles. The molecule has 0 saturated carbocycles. The molecule has 262 valence electrons. The molecule has 0 N–H and O–H groups in total. The number of furan rings is 1. The highest BCUT2D eigenvalue weighted by atomic mass is 16.3. The van der Waals surface area contributed by atoms with Crippen molar-refractivity contribution in [3.8, 4) is 62.1 Å². The Bertz CT molecular complexity index is 3750. The maximum atomic E-state index is 9.67. The van der Waals surface area contributed by atoms with E-state index in [2.05, 4.69) is 0 Å². The fourth-order valence-corrected chi connectivity index (χ4v) is 7.40. The summed E-state index contributed by atoms with van der Waals surface area (Å²) in [4.78, 5) is 14.9. The maximum absolute atomic E-state index is 9.67. The maximum Gasteiger partial charge on any atom is 0.164 e. The summed E-state index contributed by atoms with van der Waals surface area (Å²) in [6.45, 7) is 0. The van der Waals surface area contributed by atoms with E-state index in [0.29, 0.717) is 56.4 Å². The largest absolute Gasteiger partial charge is 0.455 e. The molecule has 0 aliphatic rings. The third kappa shape index (κ3) is 5.29. The van der Waals surface area contributed by atoms with Crippen LogP contribution in [0.25, 0.3) is 106 Å². The second kappa shape index (κ2) is 13.0. The van der Waals surface area contributed by atoms with E-state index in [4.69, 9.17) is 29.0 Å². The minimum Gasteiger partial charge on any atom is -0.455 e. The molecule has 0 unspecified atom stereocenters.